The Kier molecular flexibility index (Phi) is 4.72. The molecule has 26 heavy (non-hydrogen) atoms. The number of fused-ring (bicyclic) bond motifs is 1. The summed E-state index contributed by atoms with van der Waals surface area (Å²) in [5, 5.41) is 0. The van der Waals surface area contributed by atoms with Crippen molar-refractivity contribution in [2.45, 2.75) is 31.9 Å². The minimum atomic E-state index is -0.143. The molecule has 3 aliphatic heterocycles. The minimum Gasteiger partial charge on any atom is -0.486 e. The number of likely N-dealkylation sites (N-methyl/N-ethyl adjacent to an activating group) is 1. The topological polar surface area (TPSA) is 62.3 Å². The van der Waals surface area contributed by atoms with Crippen LogP contribution in [0.2, 0.25) is 0 Å². The number of amides is 3. The molecule has 1 aromatic carbocycles. The fourth-order valence-corrected chi connectivity index (χ4v) is 4.02. The van der Waals surface area contributed by atoms with Crippen molar-refractivity contribution in [2.75, 3.05) is 39.3 Å². The van der Waals surface area contributed by atoms with Gasteiger partial charge in [0.2, 0.25) is 0 Å². The van der Waals surface area contributed by atoms with Crippen molar-refractivity contribution in [2.24, 2.45) is 0 Å². The van der Waals surface area contributed by atoms with Gasteiger partial charge in [0.15, 0.2) is 11.5 Å². The van der Waals surface area contributed by atoms with Crippen molar-refractivity contribution in [3.8, 4) is 11.5 Å². The number of piperidine rings is 1. The van der Waals surface area contributed by atoms with E-state index in [-0.39, 0.29) is 30.6 Å². The zero-order valence-electron chi connectivity index (χ0n) is 15.1. The molecule has 0 saturated carbocycles. The average Bonchev–Trinajstić information content (AvgIpc) is 2.95. The molecule has 0 bridgehead atoms. The summed E-state index contributed by atoms with van der Waals surface area (Å²) in [6.07, 6.45) is 1.80. The summed E-state index contributed by atoms with van der Waals surface area (Å²) in [4.78, 5) is 30.1. The molecular formula is C19H25N3O4. The fraction of sp³-hybridized carbons (Fsp3) is 0.579. The first-order valence-electron chi connectivity index (χ1n) is 9.37. The second-order valence-corrected chi connectivity index (χ2v) is 7.11. The summed E-state index contributed by atoms with van der Waals surface area (Å²) in [7, 11) is 0. The maximum absolute atomic E-state index is 12.4. The van der Waals surface area contributed by atoms with Crippen LogP contribution in [0.25, 0.3) is 0 Å². The number of imide groups is 1. The van der Waals surface area contributed by atoms with Crippen LogP contribution >= 0.6 is 0 Å². The fourth-order valence-electron chi connectivity index (χ4n) is 4.02. The molecule has 0 radical (unpaired) electrons. The number of hydrogen-bond acceptors (Lipinski definition) is 5. The Labute approximate surface area is 153 Å². The number of ether oxygens (including phenoxy) is 2. The molecule has 3 heterocycles. The number of carbonyl (C=O) groups excluding carboxylic acids is 2. The van der Waals surface area contributed by atoms with E-state index in [0.29, 0.717) is 19.7 Å². The van der Waals surface area contributed by atoms with Gasteiger partial charge in [-0.25, -0.2) is 4.79 Å². The number of hydrogen-bond donors (Lipinski definition) is 0. The number of urea groups is 1. The molecule has 140 valence electrons. The van der Waals surface area contributed by atoms with E-state index < -0.39 is 0 Å². The van der Waals surface area contributed by atoms with Crippen molar-refractivity contribution in [3.05, 3.63) is 24.3 Å². The molecule has 2 saturated heterocycles. The zero-order valence-corrected chi connectivity index (χ0v) is 15.1. The molecule has 0 aromatic heterocycles. The summed E-state index contributed by atoms with van der Waals surface area (Å²) in [6, 6.07) is 7.51. The van der Waals surface area contributed by atoms with Gasteiger partial charge in [-0.3, -0.25) is 14.6 Å². The lowest BCUT2D eigenvalue weighted by Crippen LogP contribution is -2.53. The number of rotatable bonds is 4. The number of nitrogens with zero attached hydrogens (tertiary/aromatic N) is 3. The van der Waals surface area contributed by atoms with E-state index in [4.69, 9.17) is 9.47 Å². The van der Waals surface area contributed by atoms with Gasteiger partial charge in [-0.15, -0.1) is 0 Å². The predicted molar refractivity (Wildman–Crippen MR) is 95.3 cm³/mol. The van der Waals surface area contributed by atoms with Crippen LogP contribution in [0.4, 0.5) is 4.79 Å². The summed E-state index contributed by atoms with van der Waals surface area (Å²) in [6.45, 7) is 5.59. The molecular weight excluding hydrogens is 334 g/mol. The second kappa shape index (κ2) is 7.15. The maximum atomic E-state index is 12.4. The molecule has 7 heteroatoms. The highest BCUT2D eigenvalue weighted by molar-refractivity contribution is 6.02. The first kappa shape index (κ1) is 17.1. The summed E-state index contributed by atoms with van der Waals surface area (Å²) in [5.74, 6) is 1.49. The third-order valence-corrected chi connectivity index (χ3v) is 5.33. The van der Waals surface area contributed by atoms with Crippen molar-refractivity contribution < 1.29 is 19.1 Å². The van der Waals surface area contributed by atoms with E-state index in [1.54, 1.807) is 4.90 Å². The van der Waals surface area contributed by atoms with Crippen LogP contribution in [0.1, 0.15) is 19.8 Å². The molecule has 2 unspecified atom stereocenters. The molecule has 0 N–H and O–H groups in total. The van der Waals surface area contributed by atoms with Gasteiger partial charge in [-0.2, -0.15) is 0 Å². The van der Waals surface area contributed by atoms with Gasteiger partial charge in [0.1, 0.15) is 19.3 Å². The molecule has 7 nitrogen and oxygen atoms in total. The highest BCUT2D eigenvalue weighted by Gasteiger charge is 2.41. The van der Waals surface area contributed by atoms with Gasteiger partial charge in [-0.05, 0) is 38.4 Å². The van der Waals surface area contributed by atoms with E-state index in [1.807, 2.05) is 31.2 Å². The van der Waals surface area contributed by atoms with E-state index in [9.17, 15) is 9.59 Å². The zero-order chi connectivity index (χ0) is 18.1. The van der Waals surface area contributed by atoms with Crippen molar-refractivity contribution >= 4 is 11.9 Å². The number of likely N-dealkylation sites (tertiary alicyclic amines) is 1. The summed E-state index contributed by atoms with van der Waals surface area (Å²) >= 11 is 0. The van der Waals surface area contributed by atoms with E-state index in [2.05, 4.69) is 4.90 Å². The van der Waals surface area contributed by atoms with E-state index in [1.165, 1.54) is 4.90 Å². The minimum absolute atomic E-state index is 0.0410. The third-order valence-electron chi connectivity index (χ3n) is 5.33. The summed E-state index contributed by atoms with van der Waals surface area (Å²) in [5.41, 5.74) is 0. The lowest BCUT2D eigenvalue weighted by molar-refractivity contribution is -0.127. The van der Waals surface area contributed by atoms with Crippen LogP contribution in [0.15, 0.2) is 24.3 Å². The SMILES string of the molecule is CCN1CC(=O)N(C2CCCN(CC3COc4ccccc4O3)C2)C1=O. The van der Waals surface area contributed by atoms with Crippen LogP contribution < -0.4 is 9.47 Å². The Morgan fingerprint density at radius 2 is 2.00 bits per heavy atom. The monoisotopic (exact) mass is 359 g/mol. The van der Waals surface area contributed by atoms with Crippen molar-refractivity contribution in [1.82, 2.24) is 14.7 Å². The van der Waals surface area contributed by atoms with Gasteiger partial charge >= 0.3 is 6.03 Å². The van der Waals surface area contributed by atoms with Crippen LogP contribution in [0, 0.1) is 0 Å². The lowest BCUT2D eigenvalue weighted by Gasteiger charge is -2.38. The Morgan fingerprint density at radius 1 is 1.19 bits per heavy atom. The van der Waals surface area contributed by atoms with Gasteiger partial charge < -0.3 is 14.4 Å². The molecule has 4 rings (SSSR count). The number of benzene rings is 1. The first-order chi connectivity index (χ1) is 12.7. The highest BCUT2D eigenvalue weighted by atomic mass is 16.6. The summed E-state index contributed by atoms with van der Waals surface area (Å²) < 4.78 is 11.8. The van der Waals surface area contributed by atoms with E-state index >= 15 is 0 Å². The number of carbonyl (C=O) groups is 2. The third kappa shape index (κ3) is 3.23. The second-order valence-electron chi connectivity index (χ2n) is 7.11. The molecule has 0 aliphatic carbocycles. The molecule has 3 aliphatic rings. The van der Waals surface area contributed by atoms with Crippen LogP contribution in [0.3, 0.4) is 0 Å². The molecule has 1 aromatic rings. The standard InChI is InChI=1S/C19H25N3O4/c1-2-21-12-18(23)22(19(21)24)14-6-5-9-20(10-14)11-15-13-25-16-7-3-4-8-17(16)26-15/h3-4,7-8,14-15H,2,5-6,9-13H2,1H3. The van der Waals surface area contributed by atoms with Crippen LogP contribution in [-0.2, 0) is 4.79 Å². The molecule has 2 fully saturated rings. The maximum Gasteiger partial charge on any atom is 0.327 e. The smallest absolute Gasteiger partial charge is 0.327 e. The number of para-hydroxylation sites is 2. The van der Waals surface area contributed by atoms with Gasteiger partial charge in [0.25, 0.3) is 5.91 Å². The van der Waals surface area contributed by atoms with Crippen LogP contribution in [-0.4, -0.2) is 78.1 Å². The normalized spacial score (nSPS) is 26.5. The van der Waals surface area contributed by atoms with Gasteiger partial charge in [0, 0.05) is 19.6 Å². The largest absolute Gasteiger partial charge is 0.486 e. The Morgan fingerprint density at radius 3 is 2.77 bits per heavy atom. The Bertz CT molecular complexity index is 695. The van der Waals surface area contributed by atoms with Crippen LogP contribution in [0.5, 0.6) is 11.5 Å². The Hall–Kier alpha value is -2.28. The lowest BCUT2D eigenvalue weighted by atomic mass is 10.0. The average molecular weight is 359 g/mol. The molecule has 3 amide bonds. The van der Waals surface area contributed by atoms with Crippen molar-refractivity contribution in [3.63, 3.8) is 0 Å². The van der Waals surface area contributed by atoms with Gasteiger partial charge in [0.05, 0.1) is 6.04 Å². The van der Waals surface area contributed by atoms with Crippen molar-refractivity contribution in [1.29, 1.82) is 0 Å². The highest BCUT2D eigenvalue weighted by Crippen LogP contribution is 2.31. The first-order valence-corrected chi connectivity index (χ1v) is 9.37. The molecule has 2 atom stereocenters. The predicted octanol–water partition coefficient (Wildman–Crippen LogP) is 1.57. The quantitative estimate of drug-likeness (QED) is 0.764. The molecule has 0 spiro atoms. The Balaban J connectivity index is 1.37. The van der Waals surface area contributed by atoms with E-state index in [0.717, 1.165) is 37.4 Å². The van der Waals surface area contributed by atoms with Gasteiger partial charge in [-0.1, -0.05) is 12.1 Å².